The van der Waals surface area contributed by atoms with Gasteiger partial charge in [0.25, 0.3) is 0 Å². The largest absolute Gasteiger partial charge is 0.307 e. The second-order valence-corrected chi connectivity index (χ2v) is 17.8. The molecule has 0 amide bonds. The van der Waals surface area contributed by atoms with E-state index in [-0.39, 0.29) is 5.41 Å². The summed E-state index contributed by atoms with van der Waals surface area (Å²) in [4.78, 5) is 11.4. The van der Waals surface area contributed by atoms with E-state index >= 15 is 0 Å². The minimum atomic E-state index is -0.273. The van der Waals surface area contributed by atoms with E-state index < -0.39 is 0 Å². The molecule has 4 nitrogen and oxygen atoms in total. The number of benzene rings is 9. The van der Waals surface area contributed by atoms with Crippen LogP contribution in [0, 0.1) is 5.92 Å². The zero-order valence-corrected chi connectivity index (χ0v) is 35.4. The molecule has 14 rings (SSSR count). The van der Waals surface area contributed by atoms with E-state index in [1.165, 1.54) is 65.3 Å². The predicted octanol–water partition coefficient (Wildman–Crippen LogP) is 15.2. The number of para-hydroxylation sites is 3. The molecule has 304 valence electrons. The maximum atomic E-state index is 5.76. The van der Waals surface area contributed by atoms with Gasteiger partial charge in [-0.3, -0.25) is 4.57 Å². The first-order chi connectivity index (χ1) is 32.2. The van der Waals surface area contributed by atoms with Crippen molar-refractivity contribution < 1.29 is 0 Å². The Labute approximate surface area is 375 Å². The molecular formula is C61H40N4. The van der Waals surface area contributed by atoms with Crippen LogP contribution in [0.15, 0.2) is 224 Å². The molecule has 2 aliphatic carbocycles. The molecule has 1 fully saturated rings. The first-order valence-electron chi connectivity index (χ1n) is 22.6. The molecule has 9 aromatic carbocycles. The molecule has 0 spiro atoms. The molecule has 4 heteroatoms. The summed E-state index contributed by atoms with van der Waals surface area (Å²) >= 11 is 0. The Morgan fingerprint density at radius 3 is 1.75 bits per heavy atom. The van der Waals surface area contributed by atoms with Crippen LogP contribution in [0.3, 0.4) is 0 Å². The highest BCUT2D eigenvalue weighted by atomic mass is 15.2. The Morgan fingerprint density at radius 1 is 0.431 bits per heavy atom. The van der Waals surface area contributed by atoms with E-state index in [0.29, 0.717) is 11.9 Å². The average molecular weight is 829 g/mol. The normalized spacial score (nSPS) is 16.8. The molecule has 2 aliphatic rings. The molecule has 2 atom stereocenters. The number of aromatic nitrogens is 4. The van der Waals surface area contributed by atoms with Crippen LogP contribution < -0.4 is 0 Å². The monoisotopic (exact) mass is 828 g/mol. The minimum Gasteiger partial charge on any atom is -0.307 e. The van der Waals surface area contributed by atoms with Gasteiger partial charge in [0, 0.05) is 44.1 Å². The molecular weight excluding hydrogens is 789 g/mol. The van der Waals surface area contributed by atoms with Crippen LogP contribution >= 0.6 is 0 Å². The summed E-state index contributed by atoms with van der Waals surface area (Å²) in [7, 11) is 0. The van der Waals surface area contributed by atoms with Gasteiger partial charge in [-0.2, -0.15) is 0 Å². The van der Waals surface area contributed by atoms with Crippen LogP contribution in [0.5, 0.6) is 0 Å². The molecule has 0 radical (unpaired) electrons. The van der Waals surface area contributed by atoms with Crippen LogP contribution in [0.1, 0.15) is 17.7 Å². The summed E-state index contributed by atoms with van der Waals surface area (Å²) in [6, 6.07) is 74.9. The summed E-state index contributed by atoms with van der Waals surface area (Å²) in [5.74, 6) is 0.964. The molecule has 1 saturated carbocycles. The third kappa shape index (κ3) is 5.50. The molecule has 2 unspecified atom stereocenters. The molecule has 0 saturated heterocycles. The van der Waals surface area contributed by atoms with Gasteiger partial charge in [-0.1, -0.05) is 176 Å². The zero-order chi connectivity index (χ0) is 42.6. The second-order valence-electron chi connectivity index (χ2n) is 17.8. The Kier molecular flexibility index (Phi) is 7.70. The van der Waals surface area contributed by atoms with E-state index in [1.54, 1.807) is 0 Å². The zero-order valence-electron chi connectivity index (χ0n) is 35.4. The highest BCUT2D eigenvalue weighted by Gasteiger charge is 2.57. The Balaban J connectivity index is 1.03. The summed E-state index contributed by atoms with van der Waals surface area (Å²) in [6.45, 7) is 0. The van der Waals surface area contributed by atoms with Crippen LogP contribution in [0.4, 0.5) is 0 Å². The maximum absolute atomic E-state index is 5.76. The van der Waals surface area contributed by atoms with Crippen LogP contribution in [0.25, 0.3) is 105 Å². The van der Waals surface area contributed by atoms with E-state index in [9.17, 15) is 0 Å². The smallest absolute Gasteiger partial charge is 0.235 e. The number of rotatable bonds is 6. The van der Waals surface area contributed by atoms with Crippen molar-refractivity contribution in [2.24, 2.45) is 5.92 Å². The van der Waals surface area contributed by atoms with Gasteiger partial charge in [0.15, 0.2) is 0 Å². The number of allylic oxidation sites excluding steroid dienone is 4. The molecule has 0 bridgehead atoms. The average Bonchev–Trinajstić information content (AvgIpc) is 3.93. The fourth-order valence-electron chi connectivity index (χ4n) is 11.0. The molecule has 12 aromatic rings. The van der Waals surface area contributed by atoms with Crippen molar-refractivity contribution in [3.05, 3.63) is 236 Å². The standard InChI is InChI=1S/C61H40N4/c1-2-20-47(21-3-1)64-55-25-10-8-22-49(55)51-31-32-52-50-23-9-11-26-56(50)65(59(52)58(51)64)60-62-54(46-19-12-18-43(36-46)44-29-27-39-14-4-6-16-41(39)34-44)37-57(63-60)61-33-13-24-48(53(61)38-61)45-30-28-40-15-5-7-17-42(40)35-45/h1-37,53H,38H2. The van der Waals surface area contributed by atoms with Crippen molar-refractivity contribution in [2.75, 3.05) is 0 Å². The topological polar surface area (TPSA) is 35.6 Å². The lowest BCUT2D eigenvalue weighted by atomic mass is 9.86. The van der Waals surface area contributed by atoms with Gasteiger partial charge < -0.3 is 4.57 Å². The van der Waals surface area contributed by atoms with E-state index in [0.717, 1.165) is 51.2 Å². The second kappa shape index (κ2) is 13.8. The highest BCUT2D eigenvalue weighted by molar-refractivity contribution is 6.23. The number of hydrogen-bond donors (Lipinski definition) is 0. The van der Waals surface area contributed by atoms with Gasteiger partial charge in [0.1, 0.15) is 0 Å². The van der Waals surface area contributed by atoms with Crippen molar-refractivity contribution >= 4 is 70.7 Å². The van der Waals surface area contributed by atoms with Crippen LogP contribution in [-0.4, -0.2) is 19.1 Å². The molecule has 3 aromatic heterocycles. The van der Waals surface area contributed by atoms with Crippen molar-refractivity contribution in [1.29, 1.82) is 0 Å². The Hall–Kier alpha value is -8.34. The van der Waals surface area contributed by atoms with E-state index in [4.69, 9.17) is 9.97 Å². The summed E-state index contributed by atoms with van der Waals surface area (Å²) in [6.07, 6.45) is 7.97. The maximum Gasteiger partial charge on any atom is 0.235 e. The lowest BCUT2D eigenvalue weighted by Gasteiger charge is -2.21. The third-order valence-corrected chi connectivity index (χ3v) is 14.2. The van der Waals surface area contributed by atoms with Crippen molar-refractivity contribution in [3.8, 4) is 34.0 Å². The van der Waals surface area contributed by atoms with Crippen LogP contribution in [-0.2, 0) is 5.41 Å². The van der Waals surface area contributed by atoms with Gasteiger partial charge in [0.2, 0.25) is 5.95 Å². The van der Waals surface area contributed by atoms with Gasteiger partial charge >= 0.3 is 0 Å². The summed E-state index contributed by atoms with van der Waals surface area (Å²) in [5.41, 5.74) is 13.3. The van der Waals surface area contributed by atoms with E-state index in [2.05, 4.69) is 234 Å². The van der Waals surface area contributed by atoms with Gasteiger partial charge in [-0.25, -0.2) is 9.97 Å². The van der Waals surface area contributed by atoms with Gasteiger partial charge in [-0.15, -0.1) is 0 Å². The van der Waals surface area contributed by atoms with Crippen LogP contribution in [0.2, 0.25) is 0 Å². The highest BCUT2D eigenvalue weighted by Crippen LogP contribution is 2.62. The minimum absolute atomic E-state index is 0.273. The summed E-state index contributed by atoms with van der Waals surface area (Å²) < 4.78 is 4.78. The lowest BCUT2D eigenvalue weighted by Crippen LogP contribution is -2.15. The first-order valence-corrected chi connectivity index (χ1v) is 22.6. The number of fused-ring (bicyclic) bond motifs is 10. The fraction of sp³-hybridized carbons (Fsp3) is 0.0492. The molecule has 3 heterocycles. The number of hydrogen-bond acceptors (Lipinski definition) is 2. The fourth-order valence-corrected chi connectivity index (χ4v) is 11.0. The Morgan fingerprint density at radius 2 is 1.02 bits per heavy atom. The van der Waals surface area contributed by atoms with Gasteiger partial charge in [-0.05, 0) is 98.8 Å². The van der Waals surface area contributed by atoms with E-state index in [1.807, 2.05) is 0 Å². The molecule has 65 heavy (non-hydrogen) atoms. The third-order valence-electron chi connectivity index (χ3n) is 14.2. The van der Waals surface area contributed by atoms with Crippen molar-refractivity contribution in [3.63, 3.8) is 0 Å². The van der Waals surface area contributed by atoms with Gasteiger partial charge in [0.05, 0.1) is 33.5 Å². The SMILES string of the molecule is C1=CC2(c3cc(-c4cccc(-c5ccc6ccccc6c5)c4)nc(-n4c5ccccc5c5ccc6c7ccccc7n(-c7ccccc7)c6c54)n3)CC2C(c2ccc3ccccc3c2)=C1. The predicted molar refractivity (Wildman–Crippen MR) is 270 cm³/mol. The Bertz CT molecular complexity index is 4000. The quantitative estimate of drug-likeness (QED) is 0.167. The molecule has 0 aliphatic heterocycles. The molecule has 0 N–H and O–H groups in total. The summed E-state index contributed by atoms with van der Waals surface area (Å²) in [5, 5.41) is 9.73. The van der Waals surface area contributed by atoms with Crippen molar-refractivity contribution in [1.82, 2.24) is 19.1 Å². The van der Waals surface area contributed by atoms with Crippen molar-refractivity contribution in [2.45, 2.75) is 11.8 Å². The number of nitrogens with zero attached hydrogens (tertiary/aromatic N) is 4. The first kappa shape index (κ1) is 36.2. The lowest BCUT2D eigenvalue weighted by molar-refractivity contribution is 0.772.